The van der Waals surface area contributed by atoms with Crippen LogP contribution in [0.1, 0.15) is 42.4 Å². The van der Waals surface area contributed by atoms with Crippen LogP contribution in [-0.2, 0) is 4.74 Å². The molecule has 28 heavy (non-hydrogen) atoms. The SMILES string of the molecule is Cc1c(C(=O)c2ccccc2)cc(-c2ccccc2)n1NC(=O)OC(C)(C)C. The highest BCUT2D eigenvalue weighted by molar-refractivity contribution is 6.10. The number of amides is 1. The molecule has 0 bridgehead atoms. The first-order valence-corrected chi connectivity index (χ1v) is 9.14. The molecule has 0 aliphatic heterocycles. The van der Waals surface area contributed by atoms with Crippen LogP contribution < -0.4 is 5.43 Å². The van der Waals surface area contributed by atoms with Gasteiger partial charge in [-0.1, -0.05) is 60.7 Å². The Morgan fingerprint density at radius 1 is 0.929 bits per heavy atom. The van der Waals surface area contributed by atoms with Gasteiger partial charge in [0, 0.05) is 22.4 Å². The molecule has 0 aliphatic rings. The number of nitrogens with one attached hydrogen (secondary N) is 1. The van der Waals surface area contributed by atoms with Crippen molar-refractivity contribution < 1.29 is 14.3 Å². The minimum absolute atomic E-state index is 0.0972. The summed E-state index contributed by atoms with van der Waals surface area (Å²) >= 11 is 0. The summed E-state index contributed by atoms with van der Waals surface area (Å²) in [5, 5.41) is 0. The van der Waals surface area contributed by atoms with Gasteiger partial charge in [-0.25, -0.2) is 10.2 Å². The van der Waals surface area contributed by atoms with Gasteiger partial charge in [0.1, 0.15) is 5.60 Å². The lowest BCUT2D eigenvalue weighted by Crippen LogP contribution is -2.32. The second-order valence-corrected chi connectivity index (χ2v) is 7.54. The van der Waals surface area contributed by atoms with Crippen molar-refractivity contribution in [1.29, 1.82) is 0 Å². The maximum absolute atomic E-state index is 13.0. The molecule has 3 aromatic rings. The van der Waals surface area contributed by atoms with E-state index in [1.165, 1.54) is 0 Å². The van der Waals surface area contributed by atoms with Crippen molar-refractivity contribution in [2.45, 2.75) is 33.3 Å². The molecular weight excluding hydrogens is 352 g/mol. The molecule has 1 aromatic heterocycles. The zero-order chi connectivity index (χ0) is 20.3. The Morgan fingerprint density at radius 2 is 1.50 bits per heavy atom. The Labute approximate surface area is 164 Å². The second-order valence-electron chi connectivity index (χ2n) is 7.54. The van der Waals surface area contributed by atoms with Crippen LogP contribution in [0.3, 0.4) is 0 Å². The van der Waals surface area contributed by atoms with E-state index < -0.39 is 11.7 Å². The van der Waals surface area contributed by atoms with E-state index in [2.05, 4.69) is 5.43 Å². The number of nitrogens with zero attached hydrogens (tertiary/aromatic N) is 1. The third-order valence-corrected chi connectivity index (χ3v) is 4.20. The highest BCUT2D eigenvalue weighted by Crippen LogP contribution is 2.27. The van der Waals surface area contributed by atoms with Crippen molar-refractivity contribution in [2.75, 3.05) is 5.43 Å². The monoisotopic (exact) mass is 376 g/mol. The first-order chi connectivity index (χ1) is 13.3. The van der Waals surface area contributed by atoms with E-state index in [0.29, 0.717) is 22.5 Å². The summed E-state index contributed by atoms with van der Waals surface area (Å²) in [6.45, 7) is 7.21. The van der Waals surface area contributed by atoms with Crippen molar-refractivity contribution in [2.24, 2.45) is 0 Å². The summed E-state index contributed by atoms with van der Waals surface area (Å²) < 4.78 is 7.00. The molecule has 1 N–H and O–H groups in total. The Morgan fingerprint density at radius 3 is 2.07 bits per heavy atom. The van der Waals surface area contributed by atoms with Crippen LogP contribution in [0.4, 0.5) is 4.79 Å². The average molecular weight is 376 g/mol. The molecule has 5 heteroatoms. The van der Waals surface area contributed by atoms with Crippen LogP contribution in [0, 0.1) is 6.92 Å². The van der Waals surface area contributed by atoms with Gasteiger partial charge < -0.3 is 4.74 Å². The van der Waals surface area contributed by atoms with E-state index in [4.69, 9.17) is 4.74 Å². The average Bonchev–Trinajstić information content (AvgIpc) is 2.97. The second kappa shape index (κ2) is 7.72. The van der Waals surface area contributed by atoms with Gasteiger partial charge in [0.2, 0.25) is 0 Å². The van der Waals surface area contributed by atoms with E-state index in [9.17, 15) is 9.59 Å². The number of carbonyl (C=O) groups is 2. The molecule has 0 saturated heterocycles. The molecule has 0 atom stereocenters. The van der Waals surface area contributed by atoms with Gasteiger partial charge >= 0.3 is 6.09 Å². The first-order valence-electron chi connectivity index (χ1n) is 9.14. The van der Waals surface area contributed by atoms with E-state index in [0.717, 1.165) is 5.56 Å². The van der Waals surface area contributed by atoms with Crippen LogP contribution in [0.25, 0.3) is 11.3 Å². The molecule has 0 fully saturated rings. The first kappa shape index (κ1) is 19.4. The van der Waals surface area contributed by atoms with E-state index in [1.807, 2.05) is 48.5 Å². The van der Waals surface area contributed by atoms with Crippen molar-refractivity contribution in [1.82, 2.24) is 4.68 Å². The molecular formula is C23H24N2O3. The lowest BCUT2D eigenvalue weighted by Gasteiger charge is -2.21. The Kier molecular flexibility index (Phi) is 5.36. The summed E-state index contributed by atoms with van der Waals surface area (Å²) in [7, 11) is 0. The zero-order valence-electron chi connectivity index (χ0n) is 16.5. The third kappa shape index (κ3) is 4.31. The van der Waals surface area contributed by atoms with E-state index >= 15 is 0 Å². The zero-order valence-corrected chi connectivity index (χ0v) is 16.5. The summed E-state index contributed by atoms with van der Waals surface area (Å²) in [5.74, 6) is -0.0972. The number of aromatic nitrogens is 1. The predicted molar refractivity (Wildman–Crippen MR) is 110 cm³/mol. The van der Waals surface area contributed by atoms with Gasteiger partial charge in [0.05, 0.1) is 5.69 Å². The molecule has 2 aromatic carbocycles. The largest absolute Gasteiger partial charge is 0.443 e. The Hall–Kier alpha value is -3.34. The summed E-state index contributed by atoms with van der Waals surface area (Å²) in [5.41, 5.74) is 5.50. The molecule has 0 saturated carbocycles. The van der Waals surface area contributed by atoms with Gasteiger partial charge in [-0.15, -0.1) is 0 Å². The van der Waals surface area contributed by atoms with Crippen LogP contribution in [-0.4, -0.2) is 22.2 Å². The smallest absolute Gasteiger partial charge is 0.426 e. The van der Waals surface area contributed by atoms with Crippen molar-refractivity contribution in [3.8, 4) is 11.3 Å². The topological polar surface area (TPSA) is 60.3 Å². The number of rotatable bonds is 4. The number of hydrogen-bond acceptors (Lipinski definition) is 3. The highest BCUT2D eigenvalue weighted by Gasteiger charge is 2.23. The van der Waals surface area contributed by atoms with Gasteiger partial charge in [0.15, 0.2) is 5.78 Å². The van der Waals surface area contributed by atoms with E-state index in [1.54, 1.807) is 50.6 Å². The molecule has 144 valence electrons. The fraction of sp³-hybridized carbons (Fsp3) is 0.217. The number of ether oxygens (including phenoxy) is 1. The molecule has 0 aliphatic carbocycles. The van der Waals surface area contributed by atoms with Crippen LogP contribution >= 0.6 is 0 Å². The van der Waals surface area contributed by atoms with Crippen LogP contribution in [0.5, 0.6) is 0 Å². The van der Waals surface area contributed by atoms with Gasteiger partial charge in [-0.2, -0.15) is 0 Å². The molecule has 0 radical (unpaired) electrons. The quantitative estimate of drug-likeness (QED) is 0.639. The van der Waals surface area contributed by atoms with E-state index in [-0.39, 0.29) is 5.78 Å². The standard InChI is InChI=1S/C23H24N2O3/c1-16-19(21(26)18-13-9-6-10-14-18)15-20(17-11-7-5-8-12-17)25(16)24-22(27)28-23(2,3)4/h5-15H,1-4H3,(H,24,27). The molecule has 5 nitrogen and oxygen atoms in total. The summed E-state index contributed by atoms with van der Waals surface area (Å²) in [6, 6.07) is 20.5. The highest BCUT2D eigenvalue weighted by atomic mass is 16.6. The van der Waals surface area contributed by atoms with Crippen LogP contribution in [0.15, 0.2) is 66.7 Å². The third-order valence-electron chi connectivity index (χ3n) is 4.20. The Bertz CT molecular complexity index is 984. The van der Waals surface area contributed by atoms with Crippen molar-refractivity contribution in [3.05, 3.63) is 83.6 Å². The van der Waals surface area contributed by atoms with Crippen LogP contribution in [0.2, 0.25) is 0 Å². The minimum atomic E-state index is -0.624. The number of hydrogen-bond donors (Lipinski definition) is 1. The van der Waals surface area contributed by atoms with Crippen molar-refractivity contribution >= 4 is 11.9 Å². The molecule has 0 spiro atoms. The maximum atomic E-state index is 13.0. The summed E-state index contributed by atoms with van der Waals surface area (Å²) in [4.78, 5) is 25.4. The fourth-order valence-corrected chi connectivity index (χ4v) is 2.94. The molecule has 3 rings (SSSR count). The van der Waals surface area contributed by atoms with Crippen molar-refractivity contribution in [3.63, 3.8) is 0 Å². The number of carbonyl (C=O) groups excluding carboxylic acids is 2. The fourth-order valence-electron chi connectivity index (χ4n) is 2.94. The van der Waals surface area contributed by atoms with Gasteiger partial charge in [-0.3, -0.25) is 9.47 Å². The predicted octanol–water partition coefficient (Wildman–Crippen LogP) is 5.17. The Balaban J connectivity index is 2.05. The lowest BCUT2D eigenvalue weighted by molar-refractivity contribution is 0.0612. The summed E-state index contributed by atoms with van der Waals surface area (Å²) in [6.07, 6.45) is -0.581. The normalized spacial score (nSPS) is 11.1. The lowest BCUT2D eigenvalue weighted by atomic mass is 10.0. The van der Waals surface area contributed by atoms with Gasteiger partial charge in [-0.05, 0) is 33.8 Å². The van der Waals surface area contributed by atoms with Gasteiger partial charge in [0.25, 0.3) is 0 Å². The molecule has 1 heterocycles. The number of benzene rings is 2. The molecule has 1 amide bonds. The molecule has 0 unspecified atom stereocenters. The number of ketones is 1. The minimum Gasteiger partial charge on any atom is -0.443 e. The maximum Gasteiger partial charge on any atom is 0.426 e.